The van der Waals surface area contributed by atoms with Crippen molar-refractivity contribution < 1.29 is 19.0 Å². The van der Waals surface area contributed by atoms with E-state index < -0.39 is 5.91 Å². The van der Waals surface area contributed by atoms with E-state index in [9.17, 15) is 4.79 Å². The van der Waals surface area contributed by atoms with E-state index in [4.69, 9.17) is 19.6 Å². The number of thioether (sulfide) groups is 1. The maximum absolute atomic E-state index is 12.9. The van der Waals surface area contributed by atoms with E-state index in [0.29, 0.717) is 39.9 Å². The van der Waals surface area contributed by atoms with Crippen molar-refractivity contribution in [2.45, 2.75) is 6.92 Å². The van der Waals surface area contributed by atoms with Crippen molar-refractivity contribution in [3.05, 3.63) is 98.9 Å². The first-order valence-electron chi connectivity index (χ1n) is 11.8. The number of carbonyl (C=O) groups is 1. The third-order valence-electron chi connectivity index (χ3n) is 5.83. The Labute approximate surface area is 233 Å². The van der Waals surface area contributed by atoms with Crippen LogP contribution in [0.15, 0.2) is 87.2 Å². The lowest BCUT2D eigenvalue weighted by atomic mass is 10.1. The Morgan fingerprint density at radius 2 is 1.84 bits per heavy atom. The largest absolute Gasteiger partial charge is 0.493 e. The maximum Gasteiger partial charge on any atom is 0.283 e. The van der Waals surface area contributed by atoms with E-state index in [-0.39, 0.29) is 11.4 Å². The van der Waals surface area contributed by atoms with Crippen LogP contribution in [0.3, 0.4) is 0 Å². The minimum atomic E-state index is -0.458. The van der Waals surface area contributed by atoms with E-state index in [1.54, 1.807) is 24.2 Å². The van der Waals surface area contributed by atoms with Gasteiger partial charge in [-0.2, -0.15) is 4.99 Å². The van der Waals surface area contributed by atoms with Gasteiger partial charge in [-0.15, -0.1) is 0 Å². The number of carbonyl (C=O) groups excluding carboxylic acids is 1. The summed E-state index contributed by atoms with van der Waals surface area (Å²) >= 11 is 4.90. The van der Waals surface area contributed by atoms with E-state index in [1.165, 1.54) is 11.8 Å². The van der Waals surface area contributed by atoms with Crippen molar-refractivity contribution >= 4 is 56.4 Å². The van der Waals surface area contributed by atoms with Gasteiger partial charge in [0.05, 0.1) is 22.9 Å². The van der Waals surface area contributed by atoms with E-state index >= 15 is 0 Å². The predicted octanol–water partition coefficient (Wildman–Crippen LogP) is 6.53. The molecule has 0 atom stereocenters. The molecule has 9 heteroatoms. The zero-order valence-electron chi connectivity index (χ0n) is 20.7. The lowest BCUT2D eigenvalue weighted by Gasteiger charge is -2.27. The van der Waals surface area contributed by atoms with E-state index in [2.05, 4.69) is 20.9 Å². The smallest absolute Gasteiger partial charge is 0.283 e. The highest BCUT2D eigenvalue weighted by Crippen LogP contribution is 2.39. The average Bonchev–Trinajstić information content (AvgIpc) is 3.34. The molecule has 2 aliphatic rings. The molecule has 0 bridgehead atoms. The molecule has 0 saturated carbocycles. The number of rotatable bonds is 8. The van der Waals surface area contributed by atoms with Crippen LogP contribution in [0.4, 0.5) is 0 Å². The Morgan fingerprint density at radius 1 is 1.05 bits per heavy atom. The Hall–Kier alpha value is -3.82. The molecule has 0 fully saturated rings. The number of methoxy groups -OCH3 is 1. The fraction of sp³-hybridized carbons (Fsp3) is 0.138. The van der Waals surface area contributed by atoms with Crippen LogP contribution in [0.25, 0.3) is 11.8 Å². The Balaban J connectivity index is 1.34. The van der Waals surface area contributed by atoms with E-state index in [1.807, 2.05) is 73.0 Å². The van der Waals surface area contributed by atoms with Gasteiger partial charge < -0.3 is 14.2 Å². The molecule has 38 heavy (non-hydrogen) atoms. The van der Waals surface area contributed by atoms with Crippen LogP contribution in [0.1, 0.15) is 16.7 Å². The quantitative estimate of drug-likeness (QED) is 0.237. The molecule has 0 spiro atoms. The number of aliphatic imine (C=N–C) groups is 1. The summed E-state index contributed by atoms with van der Waals surface area (Å²) < 4.78 is 17.9. The zero-order chi connectivity index (χ0) is 26.6. The van der Waals surface area contributed by atoms with Crippen LogP contribution in [0.5, 0.6) is 17.2 Å². The van der Waals surface area contributed by atoms with Gasteiger partial charge in [-0.25, -0.2) is 0 Å². The van der Waals surface area contributed by atoms with Crippen LogP contribution < -0.4 is 14.2 Å². The van der Waals surface area contributed by atoms with Crippen LogP contribution in [-0.4, -0.2) is 42.1 Å². The molecule has 3 aromatic rings. The minimum Gasteiger partial charge on any atom is -0.493 e. The first kappa shape index (κ1) is 25.8. The fourth-order valence-electron chi connectivity index (χ4n) is 4.05. The third-order valence-corrected chi connectivity index (χ3v) is 7.25. The van der Waals surface area contributed by atoms with Gasteiger partial charge in [0.15, 0.2) is 16.7 Å². The second kappa shape index (κ2) is 11.3. The Bertz CT molecular complexity index is 1500. The van der Waals surface area contributed by atoms with Gasteiger partial charge in [0.2, 0.25) is 0 Å². The molecule has 0 saturated heterocycles. The van der Waals surface area contributed by atoms with E-state index in [0.717, 1.165) is 22.6 Å². The van der Waals surface area contributed by atoms with Gasteiger partial charge >= 0.3 is 0 Å². The lowest BCUT2D eigenvalue weighted by Crippen LogP contribution is -2.38. The molecule has 2 heterocycles. The molecule has 0 aliphatic carbocycles. The number of amidine groups is 2. The second-order valence-corrected chi connectivity index (χ2v) is 10.2. The summed E-state index contributed by atoms with van der Waals surface area (Å²) in [6, 6.07) is 21.2. The topological polar surface area (TPSA) is 84.2 Å². The number of aryl methyl sites for hydroxylation is 1. The summed E-state index contributed by atoms with van der Waals surface area (Å²) in [6.07, 6.45) is 1.65. The standard InChI is InChI=1S/C29H24BrN3O4S/c1-18-7-6-10-21(13-18)36-11-12-37-26-23(30)15-19(16-25(26)35-2)14-22-27(31)33-24(20-8-4-3-5-9-20)17-38-29(33)32-28(22)34/h3-10,13-17,31H,11-12H2,1-2H3/b22-14-,31-27?. The van der Waals surface area contributed by atoms with Crippen molar-refractivity contribution in [2.24, 2.45) is 4.99 Å². The average molecular weight is 590 g/mol. The number of amides is 1. The number of halogens is 1. The summed E-state index contributed by atoms with van der Waals surface area (Å²) in [6.45, 7) is 2.69. The number of benzene rings is 3. The molecular weight excluding hydrogens is 566 g/mol. The second-order valence-electron chi connectivity index (χ2n) is 8.48. The zero-order valence-corrected chi connectivity index (χ0v) is 23.1. The molecule has 0 aromatic heterocycles. The fourth-order valence-corrected chi connectivity index (χ4v) is 5.52. The molecule has 5 rings (SSSR count). The molecular formula is C29H24BrN3O4S. The van der Waals surface area contributed by atoms with Gasteiger partial charge in [-0.05, 0) is 69.9 Å². The molecule has 0 unspecified atom stereocenters. The molecule has 7 nitrogen and oxygen atoms in total. The monoisotopic (exact) mass is 589 g/mol. The number of hydrogen-bond donors (Lipinski definition) is 1. The maximum atomic E-state index is 12.9. The SMILES string of the molecule is COc1cc(/C=C2/C(=N)N3C(c4ccccc4)=CSC3=NC2=O)cc(Br)c1OCCOc1cccc(C)c1. The summed E-state index contributed by atoms with van der Waals surface area (Å²) in [5, 5.41) is 11.2. The van der Waals surface area contributed by atoms with Crippen molar-refractivity contribution in [1.82, 2.24) is 4.90 Å². The Morgan fingerprint density at radius 3 is 2.61 bits per heavy atom. The Kier molecular flexibility index (Phi) is 7.67. The number of fused-ring (bicyclic) bond motifs is 1. The highest BCUT2D eigenvalue weighted by atomic mass is 79.9. The van der Waals surface area contributed by atoms with Gasteiger partial charge in [-0.3, -0.25) is 15.1 Å². The normalized spacial score (nSPS) is 15.8. The van der Waals surface area contributed by atoms with Crippen molar-refractivity contribution in [3.8, 4) is 17.2 Å². The molecule has 1 amide bonds. The van der Waals surface area contributed by atoms with Gasteiger partial charge in [0.1, 0.15) is 24.8 Å². The first-order chi connectivity index (χ1) is 18.4. The van der Waals surface area contributed by atoms with Crippen LogP contribution in [0, 0.1) is 12.3 Å². The van der Waals surface area contributed by atoms with Crippen molar-refractivity contribution in [3.63, 3.8) is 0 Å². The first-order valence-corrected chi connectivity index (χ1v) is 13.5. The lowest BCUT2D eigenvalue weighted by molar-refractivity contribution is -0.114. The number of ether oxygens (including phenoxy) is 3. The molecule has 1 N–H and O–H groups in total. The van der Waals surface area contributed by atoms with Crippen LogP contribution in [0.2, 0.25) is 0 Å². The van der Waals surface area contributed by atoms with Gasteiger partial charge in [-0.1, -0.05) is 54.2 Å². The number of nitrogens with zero attached hydrogens (tertiary/aromatic N) is 2. The van der Waals surface area contributed by atoms with Gasteiger partial charge in [0.25, 0.3) is 5.91 Å². The molecule has 3 aromatic carbocycles. The van der Waals surface area contributed by atoms with Gasteiger partial charge in [0, 0.05) is 5.41 Å². The van der Waals surface area contributed by atoms with Crippen molar-refractivity contribution in [2.75, 3.05) is 20.3 Å². The summed E-state index contributed by atoms with van der Waals surface area (Å²) in [5.41, 5.74) is 3.74. The number of nitrogens with one attached hydrogen (secondary N) is 1. The minimum absolute atomic E-state index is 0.0730. The molecule has 0 radical (unpaired) electrons. The molecule has 192 valence electrons. The number of hydrogen-bond acceptors (Lipinski definition) is 6. The molecule has 2 aliphatic heterocycles. The van der Waals surface area contributed by atoms with Crippen molar-refractivity contribution in [1.29, 1.82) is 5.41 Å². The summed E-state index contributed by atoms with van der Waals surface area (Å²) in [4.78, 5) is 18.8. The third kappa shape index (κ3) is 5.39. The predicted molar refractivity (Wildman–Crippen MR) is 155 cm³/mol. The highest BCUT2D eigenvalue weighted by molar-refractivity contribution is 9.10. The summed E-state index contributed by atoms with van der Waals surface area (Å²) in [5.74, 6) is 1.41. The highest BCUT2D eigenvalue weighted by Gasteiger charge is 2.36. The van der Waals surface area contributed by atoms with Crippen LogP contribution >= 0.6 is 27.7 Å². The van der Waals surface area contributed by atoms with Crippen LogP contribution in [-0.2, 0) is 4.79 Å². The summed E-state index contributed by atoms with van der Waals surface area (Å²) in [7, 11) is 1.55.